The number of rotatable bonds is 8. The molecule has 2 aromatic rings. The third-order valence-electron chi connectivity index (χ3n) is 3.02. The molecule has 1 atom stereocenters. The van der Waals surface area contributed by atoms with Gasteiger partial charge in [-0.3, -0.25) is 20.2 Å². The van der Waals surface area contributed by atoms with E-state index in [4.69, 9.17) is 5.11 Å². The van der Waals surface area contributed by atoms with Crippen molar-refractivity contribution in [3.05, 3.63) is 68.4 Å². The summed E-state index contributed by atoms with van der Waals surface area (Å²) in [7, 11) is 2.41. The average Bonchev–Trinajstić information content (AvgIpc) is 2.62. The Morgan fingerprint density at radius 1 is 1.12 bits per heavy atom. The Hall–Kier alpha value is -2.86. The average molecular weight is 397 g/mol. The molecule has 0 aliphatic carbocycles. The predicted molar refractivity (Wildman–Crippen MR) is 94.2 cm³/mol. The number of pyridine rings is 1. The van der Waals surface area contributed by atoms with Crippen molar-refractivity contribution in [2.45, 2.75) is 10.3 Å². The van der Waals surface area contributed by atoms with Gasteiger partial charge in [0.15, 0.2) is 0 Å². The number of nitro groups is 2. The normalized spacial score (nSPS) is 11.5. The lowest BCUT2D eigenvalue weighted by atomic mass is 10.1. The van der Waals surface area contributed by atoms with Gasteiger partial charge in [-0.25, -0.2) is 9.78 Å². The van der Waals surface area contributed by atoms with Crippen molar-refractivity contribution in [3.8, 4) is 0 Å². The van der Waals surface area contributed by atoms with E-state index >= 15 is 0 Å². The highest BCUT2D eigenvalue weighted by atomic mass is 33.1. The number of hydrogen-bond acceptors (Lipinski definition) is 9. The van der Waals surface area contributed by atoms with E-state index in [0.717, 1.165) is 6.20 Å². The molecule has 12 heteroatoms. The molecule has 0 fully saturated rings. The summed E-state index contributed by atoms with van der Waals surface area (Å²) < 4.78 is 4.61. The molecule has 1 N–H and O–H groups in total. The Balaban J connectivity index is 2.09. The number of carbonyl (C=O) groups is 1. The van der Waals surface area contributed by atoms with E-state index < -0.39 is 21.3 Å². The molecule has 0 bridgehead atoms. The van der Waals surface area contributed by atoms with Crippen LogP contribution < -0.4 is 0 Å². The van der Waals surface area contributed by atoms with Gasteiger partial charge in [-0.2, -0.15) is 0 Å². The van der Waals surface area contributed by atoms with Crippen LogP contribution in [0.2, 0.25) is 0 Å². The Labute approximate surface area is 154 Å². The van der Waals surface area contributed by atoms with Crippen LogP contribution in [-0.2, 0) is 4.74 Å². The van der Waals surface area contributed by atoms with Crippen molar-refractivity contribution >= 4 is 39.1 Å². The monoisotopic (exact) mass is 397 g/mol. The Morgan fingerprint density at radius 3 is 2.23 bits per heavy atom. The Morgan fingerprint density at radius 2 is 1.73 bits per heavy atom. The smallest absolute Gasteiger partial charge is 0.450 e. The molecule has 26 heavy (non-hydrogen) atoms. The van der Waals surface area contributed by atoms with Crippen molar-refractivity contribution in [2.75, 3.05) is 6.61 Å². The number of non-ortho nitro benzene ring substituents is 1. The molecular weight excluding hydrogens is 386 g/mol. The zero-order valence-corrected chi connectivity index (χ0v) is 14.5. The fourth-order valence-electron chi connectivity index (χ4n) is 1.77. The minimum atomic E-state index is -1.43. The van der Waals surface area contributed by atoms with Gasteiger partial charge in [-0.15, -0.1) is 0 Å². The van der Waals surface area contributed by atoms with Crippen LogP contribution in [0, 0.1) is 20.2 Å². The van der Waals surface area contributed by atoms with Crippen LogP contribution in [0.4, 0.5) is 16.2 Å². The maximum atomic E-state index is 10.7. The largest absolute Gasteiger partial charge is 0.505 e. The first-order chi connectivity index (χ1) is 12.4. The number of nitro benzene ring substituents is 1. The number of carboxylic acid groups (broad SMARTS) is 1. The zero-order valence-electron chi connectivity index (χ0n) is 12.9. The van der Waals surface area contributed by atoms with Gasteiger partial charge in [-0.05, 0) is 22.4 Å². The number of ether oxygens (including phenoxy) is 1. The van der Waals surface area contributed by atoms with Crippen molar-refractivity contribution in [2.24, 2.45) is 0 Å². The van der Waals surface area contributed by atoms with E-state index in [9.17, 15) is 25.0 Å². The third kappa shape index (κ3) is 5.60. The summed E-state index contributed by atoms with van der Waals surface area (Å²) in [5, 5.41) is 30.1. The second kappa shape index (κ2) is 9.01. The zero-order chi connectivity index (χ0) is 19.1. The van der Waals surface area contributed by atoms with E-state index in [0.29, 0.717) is 10.6 Å². The third-order valence-corrected chi connectivity index (χ3v) is 5.66. The van der Waals surface area contributed by atoms with Crippen LogP contribution in [-0.4, -0.2) is 32.7 Å². The van der Waals surface area contributed by atoms with E-state index in [-0.39, 0.29) is 18.0 Å². The summed E-state index contributed by atoms with van der Waals surface area (Å²) in [6.07, 6.45) is -0.312. The predicted octanol–water partition coefficient (Wildman–Crippen LogP) is 4.07. The molecular formula is C14H11N3O7S2. The molecule has 1 aromatic heterocycles. The summed E-state index contributed by atoms with van der Waals surface area (Å²) in [6, 6.07) is 8.46. The molecule has 1 heterocycles. The lowest BCUT2D eigenvalue weighted by molar-refractivity contribution is -0.385. The fraction of sp³-hybridized carbons (Fsp3) is 0.143. The molecule has 0 aliphatic heterocycles. The maximum Gasteiger partial charge on any atom is 0.505 e. The molecule has 0 saturated carbocycles. The number of nitrogens with zero attached hydrogens (tertiary/aromatic N) is 3. The molecule has 1 unspecified atom stereocenters. The number of hydrogen-bond donors (Lipinski definition) is 1. The molecule has 1 aromatic carbocycles. The second-order valence-electron chi connectivity index (χ2n) is 4.71. The summed E-state index contributed by atoms with van der Waals surface area (Å²) in [6.45, 7) is -0.169. The van der Waals surface area contributed by atoms with Crippen molar-refractivity contribution < 1.29 is 24.5 Å². The van der Waals surface area contributed by atoms with E-state index in [1.807, 2.05) is 0 Å². The van der Waals surface area contributed by atoms with Crippen LogP contribution in [0.3, 0.4) is 0 Å². The Bertz CT molecular complexity index is 799. The lowest BCUT2D eigenvalue weighted by Crippen LogP contribution is -2.08. The highest BCUT2D eigenvalue weighted by molar-refractivity contribution is 8.76. The van der Waals surface area contributed by atoms with Gasteiger partial charge in [0, 0.05) is 18.2 Å². The first-order valence-corrected chi connectivity index (χ1v) is 9.12. The van der Waals surface area contributed by atoms with Gasteiger partial charge in [0.1, 0.15) is 17.8 Å². The van der Waals surface area contributed by atoms with Crippen molar-refractivity contribution in [3.63, 3.8) is 0 Å². The van der Waals surface area contributed by atoms with Crippen LogP contribution >= 0.6 is 21.6 Å². The molecule has 0 saturated heterocycles. The minimum absolute atomic E-state index is 0.0821. The number of benzene rings is 1. The highest BCUT2D eigenvalue weighted by Gasteiger charge is 2.18. The quantitative estimate of drug-likeness (QED) is 0.299. The maximum absolute atomic E-state index is 10.7. The van der Waals surface area contributed by atoms with Crippen molar-refractivity contribution in [1.82, 2.24) is 4.98 Å². The molecule has 0 spiro atoms. The Kier molecular flexibility index (Phi) is 6.74. The molecule has 2 rings (SSSR count). The van der Waals surface area contributed by atoms with E-state index in [1.165, 1.54) is 58.0 Å². The first-order valence-electron chi connectivity index (χ1n) is 6.90. The highest BCUT2D eigenvalue weighted by Crippen LogP contribution is 2.42. The number of aromatic nitrogens is 1. The van der Waals surface area contributed by atoms with Gasteiger partial charge in [0.25, 0.3) is 11.4 Å². The van der Waals surface area contributed by atoms with Crippen LogP contribution in [0.5, 0.6) is 0 Å². The molecule has 0 radical (unpaired) electrons. The van der Waals surface area contributed by atoms with Gasteiger partial charge >= 0.3 is 6.16 Å². The summed E-state index contributed by atoms with van der Waals surface area (Å²) in [4.78, 5) is 34.9. The van der Waals surface area contributed by atoms with Gasteiger partial charge in [0.2, 0.25) is 0 Å². The van der Waals surface area contributed by atoms with E-state index in [1.54, 1.807) is 0 Å². The fourth-order valence-corrected chi connectivity index (χ4v) is 4.04. The molecule has 136 valence electrons. The van der Waals surface area contributed by atoms with Gasteiger partial charge in [-0.1, -0.05) is 22.9 Å². The van der Waals surface area contributed by atoms with Crippen molar-refractivity contribution in [1.29, 1.82) is 0 Å². The summed E-state index contributed by atoms with van der Waals surface area (Å²) in [5.74, 6) is 0. The molecule has 0 amide bonds. The van der Waals surface area contributed by atoms with E-state index in [2.05, 4.69) is 9.72 Å². The topological polar surface area (TPSA) is 146 Å². The standard InChI is InChI=1S/C14H11N3O7S2/c18-14(19)24-8-12(9-1-3-10(4-2-9)16(20)21)25-26-13-6-5-11(7-15-13)17(22)23/h1-7,12H,8H2,(H,18,19). The van der Waals surface area contributed by atoms with Gasteiger partial charge in [0.05, 0.1) is 15.1 Å². The van der Waals surface area contributed by atoms with Crippen LogP contribution in [0.1, 0.15) is 10.8 Å². The summed E-state index contributed by atoms with van der Waals surface area (Å²) in [5.41, 5.74) is 0.415. The first kappa shape index (κ1) is 19.5. The minimum Gasteiger partial charge on any atom is -0.450 e. The van der Waals surface area contributed by atoms with Gasteiger partial charge < -0.3 is 9.84 Å². The molecule has 0 aliphatic rings. The van der Waals surface area contributed by atoms with Crippen LogP contribution in [0.25, 0.3) is 0 Å². The second-order valence-corrected chi connectivity index (χ2v) is 7.13. The lowest BCUT2D eigenvalue weighted by Gasteiger charge is -2.15. The SMILES string of the molecule is O=C(O)OCC(SSc1ccc([N+](=O)[O-])cn1)c1ccc([N+](=O)[O-])cc1. The molecule has 10 nitrogen and oxygen atoms in total. The summed E-state index contributed by atoms with van der Waals surface area (Å²) >= 11 is 0. The van der Waals surface area contributed by atoms with Crippen LogP contribution in [0.15, 0.2) is 47.6 Å².